The van der Waals surface area contributed by atoms with Crippen molar-refractivity contribution in [2.24, 2.45) is 0 Å². The van der Waals surface area contributed by atoms with E-state index in [1.54, 1.807) is 0 Å². The fourth-order valence-corrected chi connectivity index (χ4v) is 3.79. The topological polar surface area (TPSA) is 122 Å². The number of alkyl halides is 4. The Morgan fingerprint density at radius 3 is 2.36 bits per heavy atom. The minimum atomic E-state index is -4.68. The van der Waals surface area contributed by atoms with E-state index in [0.717, 1.165) is 29.2 Å². The van der Waals surface area contributed by atoms with Crippen molar-refractivity contribution in [2.45, 2.75) is 38.0 Å². The molecule has 5 amide bonds. The molecule has 0 aliphatic carbocycles. The van der Waals surface area contributed by atoms with Gasteiger partial charge in [-0.1, -0.05) is 6.07 Å². The van der Waals surface area contributed by atoms with Gasteiger partial charge in [-0.25, -0.2) is 0 Å². The number of rotatable bonds is 7. The van der Waals surface area contributed by atoms with Crippen molar-refractivity contribution in [2.75, 3.05) is 0 Å². The number of fused-ring (bicyclic) bond motifs is 1. The Morgan fingerprint density at radius 2 is 1.72 bits per heavy atom. The lowest BCUT2D eigenvalue weighted by molar-refractivity contribution is -0.253. The standard InChI is InChI=1S/C23H17F4N3O6/c24-22(25)23(26,27)36-13-4-2-12(3-5-13)18(32)28-10-11-1-6-14-15(9-11)21(35)30(20(14)34)16-7-8-17(31)29-19(16)33/h1-6,9,16,22H,7-8,10H2,(H,28,32)(H,29,31,33). The second kappa shape index (κ2) is 9.40. The summed E-state index contributed by atoms with van der Waals surface area (Å²) in [5.41, 5.74) is 0.595. The maximum atomic E-state index is 13.0. The molecule has 0 radical (unpaired) electrons. The molecule has 4 rings (SSSR count). The molecule has 2 aromatic rings. The largest absolute Gasteiger partial charge is 0.461 e. The van der Waals surface area contributed by atoms with Crippen LogP contribution < -0.4 is 15.4 Å². The first kappa shape index (κ1) is 24.8. The average molecular weight is 507 g/mol. The Hall–Kier alpha value is -4.29. The van der Waals surface area contributed by atoms with Gasteiger partial charge >= 0.3 is 12.5 Å². The van der Waals surface area contributed by atoms with Crippen molar-refractivity contribution in [1.29, 1.82) is 0 Å². The molecule has 0 bridgehead atoms. The highest BCUT2D eigenvalue weighted by molar-refractivity contribution is 6.23. The summed E-state index contributed by atoms with van der Waals surface area (Å²) in [5, 5.41) is 4.65. The Kier molecular flexibility index (Phi) is 6.48. The minimum absolute atomic E-state index is 0.0111. The number of hydrogen-bond donors (Lipinski definition) is 2. The zero-order valence-electron chi connectivity index (χ0n) is 18.2. The number of carbonyl (C=O) groups is 5. The van der Waals surface area contributed by atoms with Crippen LogP contribution in [0.5, 0.6) is 5.75 Å². The average Bonchev–Trinajstić information content (AvgIpc) is 3.07. The first-order chi connectivity index (χ1) is 17.0. The molecule has 36 heavy (non-hydrogen) atoms. The Labute approximate surface area is 200 Å². The van der Waals surface area contributed by atoms with Gasteiger partial charge in [0.25, 0.3) is 17.7 Å². The molecule has 2 N–H and O–H groups in total. The highest BCUT2D eigenvalue weighted by Gasteiger charge is 2.45. The molecule has 2 aromatic carbocycles. The number of carbonyl (C=O) groups excluding carboxylic acids is 5. The third kappa shape index (κ3) is 4.76. The maximum absolute atomic E-state index is 13.0. The summed E-state index contributed by atoms with van der Waals surface area (Å²) in [5.74, 6) is -3.77. The van der Waals surface area contributed by atoms with E-state index in [-0.39, 0.29) is 36.1 Å². The van der Waals surface area contributed by atoms with E-state index in [0.29, 0.717) is 5.56 Å². The van der Waals surface area contributed by atoms with Crippen molar-refractivity contribution in [3.63, 3.8) is 0 Å². The zero-order chi connectivity index (χ0) is 26.2. The van der Waals surface area contributed by atoms with Crippen LogP contribution >= 0.6 is 0 Å². The molecule has 2 heterocycles. The molecule has 0 spiro atoms. The fourth-order valence-electron chi connectivity index (χ4n) is 3.79. The smallest absolute Gasteiger partial charge is 0.428 e. The molecule has 2 aliphatic heterocycles. The molecular formula is C23H17F4N3O6. The van der Waals surface area contributed by atoms with Crippen molar-refractivity contribution >= 4 is 29.5 Å². The van der Waals surface area contributed by atoms with Crippen LogP contribution in [0.25, 0.3) is 0 Å². The number of amides is 5. The van der Waals surface area contributed by atoms with E-state index in [4.69, 9.17) is 0 Å². The van der Waals surface area contributed by atoms with Crippen LogP contribution in [0.4, 0.5) is 17.6 Å². The van der Waals surface area contributed by atoms with Crippen molar-refractivity contribution in [3.05, 3.63) is 64.7 Å². The monoisotopic (exact) mass is 507 g/mol. The van der Waals surface area contributed by atoms with E-state index >= 15 is 0 Å². The summed E-state index contributed by atoms with van der Waals surface area (Å²) < 4.78 is 54.4. The Balaban J connectivity index is 1.41. The molecule has 1 atom stereocenters. The van der Waals surface area contributed by atoms with Crippen molar-refractivity contribution in [1.82, 2.24) is 15.5 Å². The van der Waals surface area contributed by atoms with Crippen molar-refractivity contribution < 1.29 is 46.3 Å². The zero-order valence-corrected chi connectivity index (χ0v) is 18.2. The van der Waals surface area contributed by atoms with Gasteiger partial charge in [0, 0.05) is 18.5 Å². The molecule has 2 aliphatic rings. The molecule has 1 saturated heterocycles. The summed E-state index contributed by atoms with van der Waals surface area (Å²) in [6, 6.07) is 7.27. The number of nitrogens with one attached hydrogen (secondary N) is 2. The SMILES string of the molecule is O=C1CCC(N2C(=O)c3ccc(CNC(=O)c4ccc(OC(F)(F)C(F)F)cc4)cc3C2=O)C(=O)N1. The van der Waals surface area contributed by atoms with E-state index in [2.05, 4.69) is 15.4 Å². The Morgan fingerprint density at radius 1 is 1.06 bits per heavy atom. The lowest BCUT2D eigenvalue weighted by atomic mass is 10.0. The summed E-state index contributed by atoms with van der Waals surface area (Å²) in [6.07, 6.45) is -8.69. The molecule has 9 nitrogen and oxygen atoms in total. The van der Waals surface area contributed by atoms with Gasteiger partial charge < -0.3 is 10.1 Å². The summed E-state index contributed by atoms with van der Waals surface area (Å²) in [4.78, 5) is 62.3. The predicted molar refractivity (Wildman–Crippen MR) is 112 cm³/mol. The van der Waals surface area contributed by atoms with Crippen LogP contribution in [0.3, 0.4) is 0 Å². The van der Waals surface area contributed by atoms with Crippen molar-refractivity contribution in [3.8, 4) is 5.75 Å². The second-order valence-corrected chi connectivity index (χ2v) is 8.00. The summed E-state index contributed by atoms with van der Waals surface area (Å²) >= 11 is 0. The van der Waals surface area contributed by atoms with Gasteiger partial charge in [0.1, 0.15) is 11.8 Å². The third-order valence-electron chi connectivity index (χ3n) is 5.58. The first-order valence-electron chi connectivity index (χ1n) is 10.6. The van der Waals surface area contributed by atoms with Crippen LogP contribution in [0.1, 0.15) is 49.5 Å². The number of ether oxygens (including phenoxy) is 1. The summed E-state index contributed by atoms with van der Waals surface area (Å²) in [7, 11) is 0. The fraction of sp³-hybridized carbons (Fsp3) is 0.261. The van der Waals surface area contributed by atoms with Crippen LogP contribution in [0.15, 0.2) is 42.5 Å². The van der Waals surface area contributed by atoms with Gasteiger partial charge in [0.05, 0.1) is 11.1 Å². The van der Waals surface area contributed by atoms with E-state index in [1.165, 1.54) is 18.2 Å². The number of piperidine rings is 1. The first-order valence-corrected chi connectivity index (χ1v) is 10.6. The van der Waals surface area contributed by atoms with Crippen LogP contribution in [-0.2, 0) is 16.1 Å². The molecular weight excluding hydrogens is 490 g/mol. The van der Waals surface area contributed by atoms with E-state index < -0.39 is 53.9 Å². The molecule has 13 heteroatoms. The Bertz CT molecular complexity index is 1260. The van der Waals surface area contributed by atoms with Gasteiger partial charge in [0.15, 0.2) is 0 Å². The maximum Gasteiger partial charge on any atom is 0.461 e. The predicted octanol–water partition coefficient (Wildman–Crippen LogP) is 2.25. The number of imide groups is 2. The lowest BCUT2D eigenvalue weighted by Crippen LogP contribution is -2.54. The lowest BCUT2D eigenvalue weighted by Gasteiger charge is -2.27. The quantitative estimate of drug-likeness (QED) is 0.438. The molecule has 1 unspecified atom stereocenters. The molecule has 1 fully saturated rings. The van der Waals surface area contributed by atoms with Crippen LogP contribution in [-0.4, -0.2) is 53.0 Å². The number of benzene rings is 2. The van der Waals surface area contributed by atoms with E-state index in [9.17, 15) is 41.5 Å². The van der Waals surface area contributed by atoms with Gasteiger partial charge in [-0.3, -0.25) is 34.2 Å². The molecule has 0 aromatic heterocycles. The highest BCUT2D eigenvalue weighted by Crippen LogP contribution is 2.29. The van der Waals surface area contributed by atoms with Gasteiger partial charge in [0.2, 0.25) is 11.8 Å². The number of halogens is 4. The van der Waals surface area contributed by atoms with Crippen LogP contribution in [0, 0.1) is 0 Å². The molecule has 0 saturated carbocycles. The third-order valence-corrected chi connectivity index (χ3v) is 5.58. The minimum Gasteiger partial charge on any atom is -0.428 e. The van der Waals surface area contributed by atoms with Gasteiger partial charge in [-0.05, 0) is 48.4 Å². The summed E-state index contributed by atoms with van der Waals surface area (Å²) in [6.45, 7) is -0.0757. The highest BCUT2D eigenvalue weighted by atomic mass is 19.3. The normalized spacial score (nSPS) is 17.8. The van der Waals surface area contributed by atoms with Gasteiger partial charge in [-0.2, -0.15) is 17.6 Å². The number of nitrogens with zero attached hydrogens (tertiary/aromatic N) is 1. The van der Waals surface area contributed by atoms with Gasteiger partial charge in [-0.15, -0.1) is 0 Å². The van der Waals surface area contributed by atoms with E-state index in [1.807, 2.05) is 0 Å². The number of hydrogen-bond acceptors (Lipinski definition) is 6. The van der Waals surface area contributed by atoms with Crippen LogP contribution in [0.2, 0.25) is 0 Å². The molecule has 188 valence electrons. The second-order valence-electron chi connectivity index (χ2n) is 8.00.